The highest BCUT2D eigenvalue weighted by Gasteiger charge is 2.22. The molecule has 0 aliphatic rings. The van der Waals surface area contributed by atoms with Gasteiger partial charge in [0.15, 0.2) is 0 Å². The van der Waals surface area contributed by atoms with Crippen molar-refractivity contribution in [3.63, 3.8) is 0 Å². The van der Waals surface area contributed by atoms with E-state index in [1.54, 1.807) is 38.1 Å². The van der Waals surface area contributed by atoms with Crippen LogP contribution in [0.15, 0.2) is 53.4 Å². The van der Waals surface area contributed by atoms with Crippen molar-refractivity contribution >= 4 is 27.3 Å². The Bertz CT molecular complexity index is 875. The van der Waals surface area contributed by atoms with Crippen LogP contribution in [0.25, 0.3) is 0 Å². The number of amides is 1. The minimum atomic E-state index is -3.57. The van der Waals surface area contributed by atoms with Gasteiger partial charge >= 0.3 is 0 Å². The van der Waals surface area contributed by atoms with Crippen LogP contribution in [0.5, 0.6) is 0 Å². The lowest BCUT2D eigenvalue weighted by molar-refractivity contribution is 0.102. The predicted octanol–water partition coefficient (Wildman–Crippen LogP) is 3.04. The normalized spacial score (nSPS) is 11.4. The summed E-state index contributed by atoms with van der Waals surface area (Å²) in [6.07, 6.45) is 0. The first kappa shape index (κ1) is 19.9. The molecule has 2 aromatic rings. The molecular weight excluding hydrogens is 350 g/mol. The molecule has 7 heteroatoms. The number of rotatable bonds is 7. The lowest BCUT2D eigenvalue weighted by atomic mass is 10.1. The second-order valence-corrected chi connectivity index (χ2v) is 7.95. The van der Waals surface area contributed by atoms with Crippen LogP contribution < -0.4 is 10.2 Å². The summed E-state index contributed by atoms with van der Waals surface area (Å²) in [5, 5.41) is 2.77. The van der Waals surface area contributed by atoms with Gasteiger partial charge in [-0.05, 0) is 36.4 Å². The summed E-state index contributed by atoms with van der Waals surface area (Å²) in [5.74, 6) is -0.286. The van der Waals surface area contributed by atoms with Gasteiger partial charge in [-0.3, -0.25) is 4.79 Å². The number of nitrogens with one attached hydrogen (secondary N) is 1. The van der Waals surface area contributed by atoms with E-state index in [1.165, 1.54) is 16.4 Å². The molecule has 0 aliphatic heterocycles. The lowest BCUT2D eigenvalue weighted by Gasteiger charge is -2.19. The van der Waals surface area contributed by atoms with Crippen LogP contribution in [-0.4, -0.2) is 45.8 Å². The van der Waals surface area contributed by atoms with Gasteiger partial charge in [0.1, 0.15) is 0 Å². The van der Waals surface area contributed by atoms with Crippen molar-refractivity contribution in [3.8, 4) is 0 Å². The van der Waals surface area contributed by atoms with Gasteiger partial charge in [-0.1, -0.05) is 26.0 Å². The van der Waals surface area contributed by atoms with Gasteiger partial charge in [0.2, 0.25) is 10.0 Å². The molecule has 0 fully saturated rings. The maximum atomic E-state index is 12.6. The van der Waals surface area contributed by atoms with Crippen LogP contribution in [0, 0.1) is 0 Å². The largest absolute Gasteiger partial charge is 0.378 e. The molecule has 0 aromatic heterocycles. The van der Waals surface area contributed by atoms with Crippen molar-refractivity contribution in [1.82, 2.24) is 4.31 Å². The molecule has 0 spiro atoms. The highest BCUT2D eigenvalue weighted by atomic mass is 32.2. The molecular formula is C19H25N3O3S. The molecule has 0 heterocycles. The van der Waals surface area contributed by atoms with E-state index in [0.717, 1.165) is 5.69 Å². The van der Waals surface area contributed by atoms with Gasteiger partial charge < -0.3 is 10.2 Å². The maximum absolute atomic E-state index is 12.6. The van der Waals surface area contributed by atoms with Crippen LogP contribution in [0.3, 0.4) is 0 Å². The zero-order chi connectivity index (χ0) is 19.3. The lowest BCUT2D eigenvalue weighted by Crippen LogP contribution is -2.30. The summed E-state index contributed by atoms with van der Waals surface area (Å²) >= 11 is 0. The van der Waals surface area contributed by atoms with E-state index in [0.29, 0.717) is 24.3 Å². The Kier molecular flexibility index (Phi) is 6.39. The van der Waals surface area contributed by atoms with E-state index >= 15 is 0 Å². The summed E-state index contributed by atoms with van der Waals surface area (Å²) in [5.41, 5.74) is 1.86. The van der Waals surface area contributed by atoms with Crippen molar-refractivity contribution in [2.24, 2.45) is 0 Å². The summed E-state index contributed by atoms with van der Waals surface area (Å²) in [6.45, 7) is 4.38. The summed E-state index contributed by atoms with van der Waals surface area (Å²) in [7, 11) is 0.236. The Morgan fingerprint density at radius 2 is 1.65 bits per heavy atom. The first-order chi connectivity index (χ1) is 12.3. The second kappa shape index (κ2) is 8.33. The highest BCUT2D eigenvalue weighted by molar-refractivity contribution is 7.89. The number of anilines is 2. The molecule has 0 bridgehead atoms. The fraction of sp³-hybridized carbons (Fsp3) is 0.316. The SMILES string of the molecule is CCN(CC)S(=O)(=O)c1cccc(NC(=O)c2cccc(N(C)C)c2)c1. The molecule has 0 unspecified atom stereocenters. The van der Waals surface area contributed by atoms with Gasteiger partial charge in [0, 0.05) is 44.1 Å². The number of sulfonamides is 1. The second-order valence-electron chi connectivity index (χ2n) is 6.02. The fourth-order valence-electron chi connectivity index (χ4n) is 2.58. The Hall–Kier alpha value is -2.38. The maximum Gasteiger partial charge on any atom is 0.255 e. The zero-order valence-electron chi connectivity index (χ0n) is 15.6. The van der Waals surface area contributed by atoms with Gasteiger partial charge in [0.25, 0.3) is 5.91 Å². The third-order valence-electron chi connectivity index (χ3n) is 4.06. The number of benzene rings is 2. The number of carbonyl (C=O) groups excluding carboxylic acids is 1. The van der Waals surface area contributed by atoms with Crippen LogP contribution in [0.2, 0.25) is 0 Å². The quantitative estimate of drug-likeness (QED) is 0.808. The van der Waals surface area contributed by atoms with E-state index in [4.69, 9.17) is 0 Å². The molecule has 140 valence electrons. The average molecular weight is 375 g/mol. The smallest absolute Gasteiger partial charge is 0.255 e. The molecule has 0 saturated carbocycles. The highest BCUT2D eigenvalue weighted by Crippen LogP contribution is 2.21. The molecule has 26 heavy (non-hydrogen) atoms. The standard InChI is InChI=1S/C19H25N3O3S/c1-5-22(6-2)26(24,25)18-12-8-10-16(14-18)20-19(23)15-9-7-11-17(13-15)21(3)4/h7-14H,5-6H2,1-4H3,(H,20,23). The third-order valence-corrected chi connectivity index (χ3v) is 6.11. The van der Waals surface area contributed by atoms with Crippen LogP contribution >= 0.6 is 0 Å². The van der Waals surface area contributed by atoms with E-state index in [1.807, 2.05) is 31.1 Å². The first-order valence-electron chi connectivity index (χ1n) is 8.48. The number of carbonyl (C=O) groups is 1. The minimum absolute atomic E-state index is 0.168. The van der Waals surface area contributed by atoms with Crippen molar-refractivity contribution in [1.29, 1.82) is 0 Å². The molecule has 0 radical (unpaired) electrons. The summed E-state index contributed by atoms with van der Waals surface area (Å²) < 4.78 is 26.6. The molecule has 0 saturated heterocycles. The zero-order valence-corrected chi connectivity index (χ0v) is 16.4. The molecule has 1 amide bonds. The molecule has 0 atom stereocenters. The van der Waals surface area contributed by atoms with Crippen LogP contribution in [0.4, 0.5) is 11.4 Å². The summed E-state index contributed by atoms with van der Waals surface area (Å²) in [6, 6.07) is 13.6. The van der Waals surface area contributed by atoms with Crippen LogP contribution in [-0.2, 0) is 10.0 Å². The fourth-order valence-corrected chi connectivity index (χ4v) is 4.08. The Labute approximate surface area is 155 Å². The molecule has 2 aromatic carbocycles. The van der Waals surface area contributed by atoms with Gasteiger partial charge in [-0.25, -0.2) is 8.42 Å². The molecule has 6 nitrogen and oxygen atoms in total. The Morgan fingerprint density at radius 1 is 1.00 bits per heavy atom. The van der Waals surface area contributed by atoms with E-state index in [2.05, 4.69) is 5.32 Å². The Balaban J connectivity index is 2.26. The number of hydrogen-bond acceptors (Lipinski definition) is 4. The summed E-state index contributed by atoms with van der Waals surface area (Å²) in [4.78, 5) is 14.6. The molecule has 2 rings (SSSR count). The minimum Gasteiger partial charge on any atom is -0.378 e. The first-order valence-corrected chi connectivity index (χ1v) is 9.92. The van der Waals surface area contributed by atoms with E-state index in [9.17, 15) is 13.2 Å². The number of hydrogen-bond donors (Lipinski definition) is 1. The van der Waals surface area contributed by atoms with Crippen LogP contribution in [0.1, 0.15) is 24.2 Å². The third kappa shape index (κ3) is 4.42. The Morgan fingerprint density at radius 3 is 2.27 bits per heavy atom. The van der Waals surface area contributed by atoms with Gasteiger partial charge in [-0.2, -0.15) is 4.31 Å². The van der Waals surface area contributed by atoms with Crippen molar-refractivity contribution in [2.45, 2.75) is 18.7 Å². The van der Waals surface area contributed by atoms with Crippen molar-refractivity contribution in [2.75, 3.05) is 37.4 Å². The topological polar surface area (TPSA) is 69.7 Å². The molecule has 1 N–H and O–H groups in total. The van der Waals surface area contributed by atoms with Crippen molar-refractivity contribution < 1.29 is 13.2 Å². The predicted molar refractivity (Wildman–Crippen MR) is 105 cm³/mol. The number of nitrogens with zero attached hydrogens (tertiary/aromatic N) is 2. The van der Waals surface area contributed by atoms with Gasteiger partial charge in [-0.15, -0.1) is 0 Å². The van der Waals surface area contributed by atoms with E-state index < -0.39 is 10.0 Å². The monoisotopic (exact) mass is 375 g/mol. The average Bonchev–Trinajstić information content (AvgIpc) is 2.62. The van der Waals surface area contributed by atoms with E-state index in [-0.39, 0.29) is 10.8 Å². The van der Waals surface area contributed by atoms with Gasteiger partial charge in [0.05, 0.1) is 4.90 Å². The van der Waals surface area contributed by atoms with Crippen molar-refractivity contribution in [3.05, 3.63) is 54.1 Å². The molecule has 0 aliphatic carbocycles.